The molecule has 1 unspecified atom stereocenters. The number of esters is 1. The van der Waals surface area contributed by atoms with Gasteiger partial charge in [-0.2, -0.15) is 0 Å². The van der Waals surface area contributed by atoms with Gasteiger partial charge in [0.1, 0.15) is 5.58 Å². The van der Waals surface area contributed by atoms with Gasteiger partial charge in [-0.05, 0) is 38.4 Å². The highest BCUT2D eigenvalue weighted by Gasteiger charge is 2.24. The van der Waals surface area contributed by atoms with Gasteiger partial charge < -0.3 is 9.15 Å². The molecule has 0 amide bonds. The fraction of sp³-hybridized carbons (Fsp3) is 0.316. The number of benzene rings is 1. The maximum atomic E-state index is 12.3. The van der Waals surface area contributed by atoms with Crippen LogP contribution < -0.4 is 0 Å². The number of furan rings is 1. The molecule has 24 heavy (non-hydrogen) atoms. The number of carbonyl (C=O) groups excluding carboxylic acids is 1. The first-order valence-electron chi connectivity index (χ1n) is 8.03. The average molecular weight is 343 g/mol. The summed E-state index contributed by atoms with van der Waals surface area (Å²) in [7, 11) is 2.06. The van der Waals surface area contributed by atoms with Crippen molar-refractivity contribution in [2.45, 2.75) is 26.4 Å². The molecule has 4 nitrogen and oxygen atoms in total. The minimum absolute atomic E-state index is 0.258. The number of hydrogen-bond donors (Lipinski definition) is 0. The number of nitrogens with zero attached hydrogens (tertiary/aromatic N) is 1. The van der Waals surface area contributed by atoms with E-state index in [1.807, 2.05) is 24.3 Å². The minimum atomic E-state index is -0.402. The molecule has 0 aliphatic rings. The van der Waals surface area contributed by atoms with Crippen LogP contribution >= 0.6 is 11.3 Å². The molecule has 1 aromatic carbocycles. The molecular weight excluding hydrogens is 322 g/mol. The molecule has 3 rings (SSSR count). The maximum Gasteiger partial charge on any atom is 0.374 e. The van der Waals surface area contributed by atoms with Crippen molar-refractivity contribution in [3.05, 3.63) is 58.0 Å². The van der Waals surface area contributed by atoms with E-state index in [4.69, 9.17) is 9.15 Å². The zero-order chi connectivity index (χ0) is 17.1. The number of hydrogen-bond acceptors (Lipinski definition) is 5. The second kappa shape index (κ2) is 7.20. The molecule has 0 fully saturated rings. The van der Waals surface area contributed by atoms with Gasteiger partial charge in [0.15, 0.2) is 0 Å². The van der Waals surface area contributed by atoms with Gasteiger partial charge in [0.2, 0.25) is 5.76 Å². The summed E-state index contributed by atoms with van der Waals surface area (Å²) >= 11 is 1.74. The summed E-state index contributed by atoms with van der Waals surface area (Å²) < 4.78 is 10.9. The van der Waals surface area contributed by atoms with Crippen LogP contribution in [0.1, 0.15) is 40.9 Å². The van der Waals surface area contributed by atoms with Gasteiger partial charge in [0.25, 0.3) is 0 Å². The molecule has 126 valence electrons. The Kier molecular flexibility index (Phi) is 5.02. The quantitative estimate of drug-likeness (QED) is 0.599. The van der Waals surface area contributed by atoms with Crippen LogP contribution in [0.25, 0.3) is 11.0 Å². The second-order valence-electron chi connectivity index (χ2n) is 5.73. The van der Waals surface area contributed by atoms with Crippen molar-refractivity contribution in [1.29, 1.82) is 0 Å². The molecule has 0 aliphatic carbocycles. The van der Waals surface area contributed by atoms with E-state index in [1.54, 1.807) is 18.3 Å². The van der Waals surface area contributed by atoms with E-state index in [1.165, 1.54) is 4.88 Å². The van der Waals surface area contributed by atoms with Crippen molar-refractivity contribution in [2.24, 2.45) is 0 Å². The van der Waals surface area contributed by atoms with Gasteiger partial charge in [-0.25, -0.2) is 4.79 Å². The molecule has 2 aromatic heterocycles. The highest BCUT2D eigenvalue weighted by atomic mass is 32.1. The third kappa shape index (κ3) is 3.23. The molecule has 0 spiro atoms. The molecule has 0 saturated carbocycles. The van der Waals surface area contributed by atoms with Crippen molar-refractivity contribution in [1.82, 2.24) is 4.90 Å². The molecule has 1 atom stereocenters. The molecule has 0 aliphatic heterocycles. The van der Waals surface area contributed by atoms with Crippen molar-refractivity contribution in [3.63, 3.8) is 0 Å². The van der Waals surface area contributed by atoms with Crippen LogP contribution in [-0.4, -0.2) is 24.5 Å². The number of para-hydroxylation sites is 1. The fourth-order valence-electron chi connectivity index (χ4n) is 2.75. The molecular formula is C19H21NO3S. The van der Waals surface area contributed by atoms with Crippen LogP contribution in [0.5, 0.6) is 0 Å². The SMILES string of the molecule is CCOC(=O)c1oc2ccccc2c1CN(C)C(C)c1cccs1. The summed E-state index contributed by atoms with van der Waals surface area (Å²) in [6.45, 7) is 4.91. The van der Waals surface area contributed by atoms with Crippen molar-refractivity contribution < 1.29 is 13.9 Å². The second-order valence-corrected chi connectivity index (χ2v) is 6.71. The van der Waals surface area contributed by atoms with Gasteiger partial charge >= 0.3 is 5.97 Å². The van der Waals surface area contributed by atoms with E-state index in [0.717, 1.165) is 10.9 Å². The Labute approximate surface area is 145 Å². The van der Waals surface area contributed by atoms with Crippen LogP contribution in [0.3, 0.4) is 0 Å². The van der Waals surface area contributed by atoms with Crippen LogP contribution in [0, 0.1) is 0 Å². The van der Waals surface area contributed by atoms with Gasteiger partial charge in [0, 0.05) is 28.4 Å². The number of rotatable bonds is 6. The Balaban J connectivity index is 1.95. The monoisotopic (exact) mass is 343 g/mol. The largest absolute Gasteiger partial charge is 0.460 e. The lowest BCUT2D eigenvalue weighted by molar-refractivity contribution is 0.0489. The molecule has 0 N–H and O–H groups in total. The Bertz CT molecular complexity index is 822. The standard InChI is InChI=1S/C19H21NO3S/c1-4-22-19(21)18-15(14-8-5-6-9-16(14)23-18)12-20(3)13(2)17-10-7-11-24-17/h5-11,13H,4,12H2,1-3H3. The highest BCUT2D eigenvalue weighted by Crippen LogP contribution is 2.31. The van der Waals surface area contributed by atoms with E-state index in [0.29, 0.717) is 24.5 Å². The van der Waals surface area contributed by atoms with E-state index in [9.17, 15) is 4.79 Å². The van der Waals surface area contributed by atoms with Crippen molar-refractivity contribution in [2.75, 3.05) is 13.7 Å². The lowest BCUT2D eigenvalue weighted by Gasteiger charge is -2.23. The Hall–Kier alpha value is -2.11. The lowest BCUT2D eigenvalue weighted by atomic mass is 10.1. The van der Waals surface area contributed by atoms with Gasteiger partial charge in [0.05, 0.1) is 6.61 Å². The third-order valence-electron chi connectivity index (χ3n) is 4.18. The normalized spacial score (nSPS) is 12.7. The molecule has 2 heterocycles. The predicted molar refractivity (Wildman–Crippen MR) is 96.4 cm³/mol. The van der Waals surface area contributed by atoms with Gasteiger partial charge in [-0.1, -0.05) is 24.3 Å². The maximum absolute atomic E-state index is 12.3. The van der Waals surface area contributed by atoms with Gasteiger partial charge in [-0.3, -0.25) is 4.90 Å². The van der Waals surface area contributed by atoms with Crippen LogP contribution in [0.2, 0.25) is 0 Å². The first kappa shape index (κ1) is 16.7. The van der Waals surface area contributed by atoms with Crippen LogP contribution in [-0.2, 0) is 11.3 Å². The van der Waals surface area contributed by atoms with Crippen LogP contribution in [0.4, 0.5) is 0 Å². The first-order valence-corrected chi connectivity index (χ1v) is 8.91. The summed E-state index contributed by atoms with van der Waals surface area (Å²) in [5.74, 6) is -0.0934. The van der Waals surface area contributed by atoms with E-state index in [2.05, 4.69) is 36.4 Å². The van der Waals surface area contributed by atoms with E-state index in [-0.39, 0.29) is 6.04 Å². The lowest BCUT2D eigenvalue weighted by Crippen LogP contribution is -2.22. The average Bonchev–Trinajstić information content (AvgIpc) is 3.23. The van der Waals surface area contributed by atoms with Crippen molar-refractivity contribution in [3.8, 4) is 0 Å². The zero-order valence-electron chi connectivity index (χ0n) is 14.1. The molecule has 0 radical (unpaired) electrons. The highest BCUT2D eigenvalue weighted by molar-refractivity contribution is 7.10. The fourth-order valence-corrected chi connectivity index (χ4v) is 3.60. The summed E-state index contributed by atoms with van der Waals surface area (Å²) in [5.41, 5.74) is 1.60. The number of carbonyl (C=O) groups is 1. The zero-order valence-corrected chi connectivity index (χ0v) is 14.9. The summed E-state index contributed by atoms with van der Waals surface area (Å²) in [5, 5.41) is 3.04. The number of thiophene rings is 1. The van der Waals surface area contributed by atoms with Crippen LogP contribution in [0.15, 0.2) is 46.2 Å². The van der Waals surface area contributed by atoms with E-state index >= 15 is 0 Å². The van der Waals surface area contributed by atoms with Gasteiger partial charge in [-0.15, -0.1) is 11.3 Å². The number of ether oxygens (including phenoxy) is 1. The molecule has 0 saturated heterocycles. The topological polar surface area (TPSA) is 42.7 Å². The first-order chi connectivity index (χ1) is 11.6. The molecule has 0 bridgehead atoms. The Morgan fingerprint density at radius 3 is 2.79 bits per heavy atom. The summed E-state index contributed by atoms with van der Waals surface area (Å²) in [6, 6.07) is 12.2. The van der Waals surface area contributed by atoms with Crippen molar-refractivity contribution >= 4 is 28.3 Å². The predicted octanol–water partition coefficient (Wildman–Crippen LogP) is 4.86. The minimum Gasteiger partial charge on any atom is -0.460 e. The third-order valence-corrected chi connectivity index (χ3v) is 5.23. The summed E-state index contributed by atoms with van der Waals surface area (Å²) in [6.07, 6.45) is 0. The smallest absolute Gasteiger partial charge is 0.374 e. The summed E-state index contributed by atoms with van der Waals surface area (Å²) in [4.78, 5) is 15.8. The number of fused-ring (bicyclic) bond motifs is 1. The molecule has 5 heteroatoms. The Morgan fingerprint density at radius 1 is 1.29 bits per heavy atom. The Morgan fingerprint density at radius 2 is 2.08 bits per heavy atom. The molecule has 3 aromatic rings. The van der Waals surface area contributed by atoms with E-state index < -0.39 is 5.97 Å².